The second-order valence-electron chi connectivity index (χ2n) is 3.13. The average molecular weight is 300 g/mol. The highest BCUT2D eigenvalue weighted by Crippen LogP contribution is 2.30. The van der Waals surface area contributed by atoms with Crippen molar-refractivity contribution >= 4 is 27.5 Å². The minimum Gasteiger partial charge on any atom is -0.436 e. The molecule has 0 spiro atoms. The van der Waals surface area contributed by atoms with Gasteiger partial charge in [-0.05, 0) is 41.1 Å². The van der Waals surface area contributed by atoms with Crippen LogP contribution in [0.15, 0.2) is 35.1 Å². The van der Waals surface area contributed by atoms with Gasteiger partial charge in [0, 0.05) is 12.4 Å². The standard InChI is InChI=1S/C11H8BrClN2O/c1-7-10(3-2-4-14-7)16-11-9(12)5-8(13)6-15-11/h2-6H,1H3. The lowest BCUT2D eigenvalue weighted by Crippen LogP contribution is -1.92. The highest BCUT2D eigenvalue weighted by Gasteiger charge is 2.07. The topological polar surface area (TPSA) is 35.0 Å². The van der Waals surface area contributed by atoms with Crippen LogP contribution in [0, 0.1) is 6.92 Å². The molecule has 0 fully saturated rings. The van der Waals surface area contributed by atoms with E-state index in [1.807, 2.05) is 19.1 Å². The highest BCUT2D eigenvalue weighted by molar-refractivity contribution is 9.10. The number of aromatic nitrogens is 2. The minimum atomic E-state index is 0.473. The Kier molecular flexibility index (Phi) is 3.41. The third kappa shape index (κ3) is 2.51. The van der Waals surface area contributed by atoms with E-state index in [1.54, 1.807) is 12.3 Å². The molecule has 0 bridgehead atoms. The van der Waals surface area contributed by atoms with Crippen LogP contribution in [0.4, 0.5) is 0 Å². The van der Waals surface area contributed by atoms with Gasteiger partial charge in [-0.2, -0.15) is 0 Å². The van der Waals surface area contributed by atoms with Crippen LogP contribution in [-0.4, -0.2) is 9.97 Å². The van der Waals surface area contributed by atoms with Gasteiger partial charge in [-0.3, -0.25) is 4.98 Å². The number of pyridine rings is 2. The van der Waals surface area contributed by atoms with E-state index in [2.05, 4.69) is 25.9 Å². The lowest BCUT2D eigenvalue weighted by molar-refractivity contribution is 0.453. The molecule has 0 atom stereocenters. The summed E-state index contributed by atoms with van der Waals surface area (Å²) in [6, 6.07) is 5.38. The van der Waals surface area contributed by atoms with Crippen LogP contribution in [0.25, 0.3) is 0 Å². The molecule has 3 nitrogen and oxygen atoms in total. The summed E-state index contributed by atoms with van der Waals surface area (Å²) in [4.78, 5) is 8.21. The number of hydrogen-bond acceptors (Lipinski definition) is 3. The van der Waals surface area contributed by atoms with Crippen LogP contribution < -0.4 is 4.74 Å². The Morgan fingerprint density at radius 1 is 1.38 bits per heavy atom. The van der Waals surface area contributed by atoms with Crippen LogP contribution in [0.5, 0.6) is 11.6 Å². The molecule has 2 rings (SSSR count). The zero-order chi connectivity index (χ0) is 11.5. The molecule has 2 aromatic rings. The van der Waals surface area contributed by atoms with Crippen molar-refractivity contribution in [2.75, 3.05) is 0 Å². The number of halogens is 2. The van der Waals surface area contributed by atoms with Crippen LogP contribution in [0.2, 0.25) is 5.02 Å². The molecule has 0 aromatic carbocycles. The van der Waals surface area contributed by atoms with Gasteiger partial charge in [0.2, 0.25) is 5.88 Å². The molecule has 5 heteroatoms. The molecule has 0 saturated heterocycles. The Bertz CT molecular complexity index is 519. The van der Waals surface area contributed by atoms with Crippen molar-refractivity contribution in [3.05, 3.63) is 45.8 Å². The van der Waals surface area contributed by atoms with Gasteiger partial charge in [0.25, 0.3) is 0 Å². The molecule has 2 aromatic heterocycles. The van der Waals surface area contributed by atoms with Crippen molar-refractivity contribution in [1.82, 2.24) is 9.97 Å². The Hall–Kier alpha value is -1.13. The van der Waals surface area contributed by atoms with E-state index < -0.39 is 0 Å². The number of rotatable bonds is 2. The van der Waals surface area contributed by atoms with Crippen LogP contribution >= 0.6 is 27.5 Å². The predicted molar refractivity (Wildman–Crippen MR) is 66.0 cm³/mol. The molecular weight excluding hydrogens is 291 g/mol. The monoisotopic (exact) mass is 298 g/mol. The van der Waals surface area contributed by atoms with E-state index in [4.69, 9.17) is 16.3 Å². The first kappa shape index (κ1) is 11.4. The van der Waals surface area contributed by atoms with Crippen molar-refractivity contribution < 1.29 is 4.74 Å². The maximum atomic E-state index is 5.79. The second-order valence-corrected chi connectivity index (χ2v) is 4.42. The van der Waals surface area contributed by atoms with Crippen molar-refractivity contribution in [3.63, 3.8) is 0 Å². The van der Waals surface area contributed by atoms with Crippen molar-refractivity contribution in [2.24, 2.45) is 0 Å². The minimum absolute atomic E-state index is 0.473. The zero-order valence-electron chi connectivity index (χ0n) is 8.45. The fourth-order valence-electron chi connectivity index (χ4n) is 1.16. The molecule has 0 amide bonds. The fraction of sp³-hybridized carbons (Fsp3) is 0.0909. The lowest BCUT2D eigenvalue weighted by Gasteiger charge is -2.08. The zero-order valence-corrected chi connectivity index (χ0v) is 10.8. The highest BCUT2D eigenvalue weighted by atomic mass is 79.9. The summed E-state index contributed by atoms with van der Waals surface area (Å²) in [7, 11) is 0. The summed E-state index contributed by atoms with van der Waals surface area (Å²) in [5.41, 5.74) is 0.811. The first-order valence-corrected chi connectivity index (χ1v) is 5.74. The summed E-state index contributed by atoms with van der Waals surface area (Å²) in [5.74, 6) is 1.15. The van der Waals surface area contributed by atoms with Crippen LogP contribution in [0.1, 0.15) is 5.69 Å². The van der Waals surface area contributed by atoms with Gasteiger partial charge >= 0.3 is 0 Å². The first-order chi connectivity index (χ1) is 7.66. The molecule has 0 N–H and O–H groups in total. The Labute approximate surface area is 107 Å². The van der Waals surface area contributed by atoms with Gasteiger partial charge in [-0.1, -0.05) is 11.6 Å². The Balaban J connectivity index is 2.31. The molecular formula is C11H8BrClN2O. The molecule has 0 radical (unpaired) electrons. The summed E-state index contributed by atoms with van der Waals surface area (Å²) in [5, 5.41) is 0.558. The van der Waals surface area contributed by atoms with E-state index >= 15 is 0 Å². The van der Waals surface area contributed by atoms with Crippen molar-refractivity contribution in [1.29, 1.82) is 0 Å². The van der Waals surface area contributed by atoms with Gasteiger partial charge in [-0.15, -0.1) is 0 Å². The van der Waals surface area contributed by atoms with Gasteiger partial charge in [-0.25, -0.2) is 4.98 Å². The van der Waals surface area contributed by atoms with Gasteiger partial charge in [0.15, 0.2) is 5.75 Å². The first-order valence-electron chi connectivity index (χ1n) is 4.57. The van der Waals surface area contributed by atoms with Crippen LogP contribution in [-0.2, 0) is 0 Å². The molecule has 0 unspecified atom stereocenters. The largest absolute Gasteiger partial charge is 0.436 e. The third-order valence-electron chi connectivity index (χ3n) is 1.94. The number of aryl methyl sites for hydroxylation is 1. The summed E-state index contributed by atoms with van der Waals surface area (Å²) >= 11 is 9.13. The van der Waals surface area contributed by atoms with E-state index in [-0.39, 0.29) is 0 Å². The fourth-order valence-corrected chi connectivity index (χ4v) is 1.88. The van der Waals surface area contributed by atoms with E-state index in [0.717, 1.165) is 5.69 Å². The van der Waals surface area contributed by atoms with E-state index in [1.165, 1.54) is 6.20 Å². The van der Waals surface area contributed by atoms with Gasteiger partial charge in [0.1, 0.15) is 0 Å². The van der Waals surface area contributed by atoms with Gasteiger partial charge < -0.3 is 4.74 Å². The lowest BCUT2D eigenvalue weighted by atomic mass is 10.3. The molecule has 2 heterocycles. The molecule has 0 aliphatic heterocycles. The summed E-state index contributed by atoms with van der Waals surface area (Å²) in [6.07, 6.45) is 3.25. The maximum absolute atomic E-state index is 5.79. The molecule has 0 aliphatic carbocycles. The predicted octanol–water partition coefficient (Wildman–Crippen LogP) is 3.99. The van der Waals surface area contributed by atoms with Gasteiger partial charge in [0.05, 0.1) is 15.2 Å². The Morgan fingerprint density at radius 3 is 2.88 bits per heavy atom. The van der Waals surface area contributed by atoms with Crippen LogP contribution in [0.3, 0.4) is 0 Å². The third-order valence-corrected chi connectivity index (χ3v) is 2.71. The number of nitrogens with zero attached hydrogens (tertiary/aromatic N) is 2. The Morgan fingerprint density at radius 2 is 2.19 bits per heavy atom. The second kappa shape index (κ2) is 4.80. The average Bonchev–Trinajstić information content (AvgIpc) is 2.25. The molecule has 82 valence electrons. The van der Waals surface area contributed by atoms with E-state index in [9.17, 15) is 0 Å². The normalized spacial score (nSPS) is 10.2. The quantitative estimate of drug-likeness (QED) is 0.841. The SMILES string of the molecule is Cc1ncccc1Oc1ncc(Cl)cc1Br. The maximum Gasteiger partial charge on any atom is 0.233 e. The molecule has 0 saturated carbocycles. The molecule has 16 heavy (non-hydrogen) atoms. The summed E-state index contributed by atoms with van der Waals surface area (Å²) < 4.78 is 6.33. The van der Waals surface area contributed by atoms with Crippen molar-refractivity contribution in [3.8, 4) is 11.6 Å². The smallest absolute Gasteiger partial charge is 0.233 e. The summed E-state index contributed by atoms with van der Waals surface area (Å²) in [6.45, 7) is 1.87. The number of hydrogen-bond donors (Lipinski definition) is 0. The molecule has 0 aliphatic rings. The number of ether oxygens (including phenoxy) is 1. The van der Waals surface area contributed by atoms with Crippen molar-refractivity contribution in [2.45, 2.75) is 6.92 Å². The van der Waals surface area contributed by atoms with E-state index in [0.29, 0.717) is 21.1 Å².